The molecule has 0 aromatic heterocycles. The Balaban J connectivity index is 2.39. The van der Waals surface area contributed by atoms with Gasteiger partial charge in [0.25, 0.3) is 0 Å². The Morgan fingerprint density at radius 2 is 2.27 bits per heavy atom. The van der Waals surface area contributed by atoms with Crippen LogP contribution >= 0.6 is 0 Å². The van der Waals surface area contributed by atoms with E-state index in [1.54, 1.807) is 0 Å². The van der Waals surface area contributed by atoms with Crippen LogP contribution in [0, 0.1) is 0 Å². The van der Waals surface area contributed by atoms with Crippen LogP contribution in [0.3, 0.4) is 0 Å². The van der Waals surface area contributed by atoms with Gasteiger partial charge < -0.3 is 4.84 Å². The van der Waals surface area contributed by atoms with E-state index in [0.29, 0.717) is 6.04 Å². The molecular formula is C9H11NO. The van der Waals surface area contributed by atoms with Gasteiger partial charge in [0.15, 0.2) is 5.75 Å². The molecular weight excluding hydrogens is 138 g/mol. The van der Waals surface area contributed by atoms with Crippen molar-refractivity contribution in [2.45, 2.75) is 19.4 Å². The molecule has 2 nitrogen and oxygen atoms in total. The minimum absolute atomic E-state index is 0.381. The third-order valence-corrected chi connectivity index (χ3v) is 2.01. The molecule has 0 aliphatic carbocycles. The fourth-order valence-corrected chi connectivity index (χ4v) is 1.36. The normalized spacial score (nSPS) is 21.0. The molecule has 0 saturated heterocycles. The zero-order valence-electron chi connectivity index (χ0n) is 6.50. The van der Waals surface area contributed by atoms with Crippen molar-refractivity contribution >= 4 is 0 Å². The molecule has 1 aromatic rings. The van der Waals surface area contributed by atoms with Crippen LogP contribution in [0.4, 0.5) is 0 Å². The van der Waals surface area contributed by atoms with Crippen LogP contribution in [0.25, 0.3) is 0 Å². The highest BCUT2D eigenvalue weighted by molar-refractivity contribution is 5.37. The number of fused-ring (bicyclic) bond motifs is 1. The van der Waals surface area contributed by atoms with E-state index < -0.39 is 0 Å². The van der Waals surface area contributed by atoms with E-state index in [9.17, 15) is 0 Å². The molecule has 0 fully saturated rings. The van der Waals surface area contributed by atoms with E-state index in [1.807, 2.05) is 18.2 Å². The summed E-state index contributed by atoms with van der Waals surface area (Å²) >= 11 is 0. The highest BCUT2D eigenvalue weighted by Crippen LogP contribution is 2.31. The molecule has 0 saturated carbocycles. The Kier molecular flexibility index (Phi) is 1.55. The van der Waals surface area contributed by atoms with Gasteiger partial charge in [0.2, 0.25) is 0 Å². The van der Waals surface area contributed by atoms with Gasteiger partial charge in [-0.3, -0.25) is 0 Å². The van der Waals surface area contributed by atoms with Crippen LogP contribution in [0.15, 0.2) is 24.3 Å². The van der Waals surface area contributed by atoms with Crippen molar-refractivity contribution < 1.29 is 4.84 Å². The minimum atomic E-state index is 0.381. The lowest BCUT2D eigenvalue weighted by atomic mass is 10.1. The lowest BCUT2D eigenvalue weighted by Crippen LogP contribution is -2.15. The number of nitrogens with one attached hydrogen (secondary N) is 1. The van der Waals surface area contributed by atoms with Crippen LogP contribution in [0.5, 0.6) is 5.75 Å². The molecule has 1 aliphatic heterocycles. The smallest absolute Gasteiger partial charge is 0.152 e. The van der Waals surface area contributed by atoms with Crippen LogP contribution in [0.1, 0.15) is 24.9 Å². The molecule has 1 N–H and O–H groups in total. The standard InChI is InChI=1S/C9H11NO/c1-2-8-7-5-3-4-6-9(7)11-10-8/h3-6,8,10H,2H2,1H3. The van der Waals surface area contributed by atoms with E-state index >= 15 is 0 Å². The summed E-state index contributed by atoms with van der Waals surface area (Å²) < 4.78 is 0. The summed E-state index contributed by atoms with van der Waals surface area (Å²) in [6.07, 6.45) is 1.07. The maximum atomic E-state index is 5.25. The Morgan fingerprint density at radius 1 is 1.45 bits per heavy atom. The van der Waals surface area contributed by atoms with Gasteiger partial charge in [-0.05, 0) is 12.5 Å². The van der Waals surface area contributed by atoms with E-state index in [-0.39, 0.29) is 0 Å². The zero-order chi connectivity index (χ0) is 7.68. The van der Waals surface area contributed by atoms with Crippen molar-refractivity contribution in [2.24, 2.45) is 0 Å². The van der Waals surface area contributed by atoms with E-state index in [1.165, 1.54) is 5.56 Å². The fourth-order valence-electron chi connectivity index (χ4n) is 1.36. The van der Waals surface area contributed by atoms with Crippen LogP contribution in [0.2, 0.25) is 0 Å². The van der Waals surface area contributed by atoms with Gasteiger partial charge >= 0.3 is 0 Å². The molecule has 11 heavy (non-hydrogen) atoms. The summed E-state index contributed by atoms with van der Waals surface area (Å²) in [6, 6.07) is 8.49. The monoisotopic (exact) mass is 149 g/mol. The van der Waals surface area contributed by atoms with Crippen molar-refractivity contribution in [3.05, 3.63) is 29.8 Å². The average Bonchev–Trinajstić information content (AvgIpc) is 2.47. The number of rotatable bonds is 1. The minimum Gasteiger partial charge on any atom is -0.408 e. The Labute approximate surface area is 66.1 Å². The summed E-state index contributed by atoms with van der Waals surface area (Å²) in [5.41, 5.74) is 4.24. The molecule has 58 valence electrons. The summed E-state index contributed by atoms with van der Waals surface area (Å²) in [5.74, 6) is 0.972. The highest BCUT2D eigenvalue weighted by Gasteiger charge is 2.20. The van der Waals surface area contributed by atoms with Crippen molar-refractivity contribution in [1.82, 2.24) is 5.48 Å². The average molecular weight is 149 g/mol. The third kappa shape index (κ3) is 0.994. The van der Waals surface area contributed by atoms with Crippen LogP contribution in [-0.2, 0) is 0 Å². The van der Waals surface area contributed by atoms with E-state index in [0.717, 1.165) is 12.2 Å². The Bertz CT molecular complexity index is 259. The number of hydroxylamine groups is 1. The van der Waals surface area contributed by atoms with E-state index in [2.05, 4.69) is 18.5 Å². The first-order valence-corrected chi connectivity index (χ1v) is 3.93. The fraction of sp³-hybridized carbons (Fsp3) is 0.333. The maximum absolute atomic E-state index is 5.25. The molecule has 1 aliphatic rings. The summed E-state index contributed by atoms with van der Waals surface area (Å²) in [5, 5.41) is 0. The van der Waals surface area contributed by atoms with Gasteiger partial charge in [0.05, 0.1) is 6.04 Å². The van der Waals surface area contributed by atoms with Crippen LogP contribution < -0.4 is 10.3 Å². The molecule has 2 rings (SSSR count). The predicted octanol–water partition coefficient (Wildman–Crippen LogP) is 2.03. The van der Waals surface area contributed by atoms with Gasteiger partial charge in [0, 0.05) is 5.56 Å². The second kappa shape index (κ2) is 2.55. The second-order valence-electron chi connectivity index (χ2n) is 2.72. The Hall–Kier alpha value is -1.02. The van der Waals surface area contributed by atoms with Gasteiger partial charge in [-0.1, -0.05) is 25.1 Å². The molecule has 1 atom stereocenters. The van der Waals surface area contributed by atoms with Gasteiger partial charge in [0.1, 0.15) is 0 Å². The molecule has 2 heteroatoms. The van der Waals surface area contributed by atoms with Gasteiger partial charge in [-0.15, -0.1) is 5.48 Å². The van der Waals surface area contributed by atoms with Crippen molar-refractivity contribution in [2.75, 3.05) is 0 Å². The molecule has 1 heterocycles. The quantitative estimate of drug-likeness (QED) is 0.659. The SMILES string of the molecule is CCC1NOc2ccccc21. The first kappa shape index (κ1) is 6.68. The predicted molar refractivity (Wildman–Crippen MR) is 43.2 cm³/mol. The number of hydrogen-bond acceptors (Lipinski definition) is 2. The van der Waals surface area contributed by atoms with Crippen molar-refractivity contribution in [1.29, 1.82) is 0 Å². The van der Waals surface area contributed by atoms with Crippen molar-refractivity contribution in [3.8, 4) is 5.75 Å². The number of hydrogen-bond donors (Lipinski definition) is 1. The molecule has 0 amide bonds. The largest absolute Gasteiger partial charge is 0.408 e. The first-order chi connectivity index (χ1) is 5.42. The van der Waals surface area contributed by atoms with Gasteiger partial charge in [-0.25, -0.2) is 0 Å². The summed E-state index contributed by atoms with van der Waals surface area (Å²) in [7, 11) is 0. The first-order valence-electron chi connectivity index (χ1n) is 3.93. The number of para-hydroxylation sites is 1. The lowest BCUT2D eigenvalue weighted by molar-refractivity contribution is 0.191. The van der Waals surface area contributed by atoms with Crippen molar-refractivity contribution in [3.63, 3.8) is 0 Å². The summed E-state index contributed by atoms with van der Waals surface area (Å²) in [4.78, 5) is 5.25. The highest BCUT2D eigenvalue weighted by atomic mass is 16.7. The molecule has 1 aromatic carbocycles. The summed E-state index contributed by atoms with van der Waals surface area (Å²) in [6.45, 7) is 2.14. The van der Waals surface area contributed by atoms with Gasteiger partial charge in [-0.2, -0.15) is 0 Å². The zero-order valence-corrected chi connectivity index (χ0v) is 6.50. The molecule has 0 spiro atoms. The topological polar surface area (TPSA) is 21.3 Å². The molecule has 0 bridgehead atoms. The Morgan fingerprint density at radius 3 is 3.09 bits per heavy atom. The number of benzene rings is 1. The molecule has 1 unspecified atom stereocenters. The van der Waals surface area contributed by atoms with Crippen LogP contribution in [-0.4, -0.2) is 0 Å². The third-order valence-electron chi connectivity index (χ3n) is 2.01. The lowest BCUT2D eigenvalue weighted by Gasteiger charge is -2.02. The maximum Gasteiger partial charge on any atom is 0.152 e. The second-order valence-corrected chi connectivity index (χ2v) is 2.72. The van der Waals surface area contributed by atoms with E-state index in [4.69, 9.17) is 4.84 Å². The molecule has 0 radical (unpaired) electrons.